The third-order valence-corrected chi connectivity index (χ3v) is 3.62. The van der Waals surface area contributed by atoms with E-state index in [2.05, 4.69) is 5.10 Å². The van der Waals surface area contributed by atoms with Crippen LogP contribution >= 0.6 is 0 Å². The molecule has 110 valence electrons. The van der Waals surface area contributed by atoms with E-state index < -0.39 is 0 Å². The molecule has 0 aliphatic rings. The van der Waals surface area contributed by atoms with Crippen LogP contribution in [0.1, 0.15) is 11.1 Å². The van der Waals surface area contributed by atoms with Gasteiger partial charge in [-0.05, 0) is 30.2 Å². The maximum Gasteiger partial charge on any atom is 0.267 e. The molecular formula is C18H17N3O. The third-order valence-electron chi connectivity index (χ3n) is 3.62. The number of nitrogens with two attached hydrogens (primary N) is 1. The largest absolute Gasteiger partial charge is 0.398 e. The van der Waals surface area contributed by atoms with E-state index in [1.54, 1.807) is 12.1 Å². The number of hydrogen-bond acceptors (Lipinski definition) is 3. The van der Waals surface area contributed by atoms with Crippen molar-refractivity contribution in [3.8, 4) is 11.3 Å². The first-order valence-corrected chi connectivity index (χ1v) is 7.12. The molecule has 1 aromatic heterocycles. The molecule has 22 heavy (non-hydrogen) atoms. The normalized spacial score (nSPS) is 10.6. The van der Waals surface area contributed by atoms with Crippen LogP contribution < -0.4 is 11.3 Å². The van der Waals surface area contributed by atoms with Gasteiger partial charge >= 0.3 is 0 Å². The highest BCUT2D eigenvalue weighted by Crippen LogP contribution is 2.21. The summed E-state index contributed by atoms with van der Waals surface area (Å²) in [4.78, 5) is 12.0. The van der Waals surface area contributed by atoms with E-state index in [0.717, 1.165) is 28.1 Å². The molecule has 1 heterocycles. The minimum atomic E-state index is -0.118. The zero-order valence-electron chi connectivity index (χ0n) is 12.4. The van der Waals surface area contributed by atoms with Crippen molar-refractivity contribution >= 4 is 5.69 Å². The van der Waals surface area contributed by atoms with Crippen LogP contribution in [0.5, 0.6) is 0 Å². The van der Waals surface area contributed by atoms with Crippen LogP contribution in [-0.4, -0.2) is 9.78 Å². The molecule has 0 aliphatic carbocycles. The van der Waals surface area contributed by atoms with E-state index in [-0.39, 0.29) is 5.56 Å². The Kier molecular flexibility index (Phi) is 3.74. The summed E-state index contributed by atoms with van der Waals surface area (Å²) in [5, 5.41) is 4.46. The van der Waals surface area contributed by atoms with Gasteiger partial charge in [0, 0.05) is 17.3 Å². The van der Waals surface area contributed by atoms with Gasteiger partial charge in [-0.25, -0.2) is 4.68 Å². The van der Waals surface area contributed by atoms with Crippen molar-refractivity contribution < 1.29 is 0 Å². The summed E-state index contributed by atoms with van der Waals surface area (Å²) in [6, 6.07) is 18.9. The number of nitrogens with zero attached hydrogens (tertiary/aromatic N) is 2. The van der Waals surface area contributed by atoms with Gasteiger partial charge in [-0.3, -0.25) is 4.79 Å². The van der Waals surface area contributed by atoms with Gasteiger partial charge in [-0.15, -0.1) is 0 Å². The number of benzene rings is 2. The van der Waals surface area contributed by atoms with Crippen LogP contribution in [0.3, 0.4) is 0 Å². The highest BCUT2D eigenvalue weighted by Gasteiger charge is 2.05. The second-order valence-corrected chi connectivity index (χ2v) is 5.27. The van der Waals surface area contributed by atoms with Gasteiger partial charge in [-0.2, -0.15) is 5.10 Å². The summed E-state index contributed by atoms with van der Waals surface area (Å²) in [5.74, 6) is 0. The van der Waals surface area contributed by atoms with Crippen molar-refractivity contribution in [3.63, 3.8) is 0 Å². The van der Waals surface area contributed by atoms with E-state index in [0.29, 0.717) is 6.54 Å². The number of aromatic nitrogens is 2. The minimum Gasteiger partial charge on any atom is -0.398 e. The monoisotopic (exact) mass is 291 g/mol. The van der Waals surface area contributed by atoms with Crippen LogP contribution in [0.25, 0.3) is 11.3 Å². The first-order chi connectivity index (χ1) is 10.6. The van der Waals surface area contributed by atoms with Crippen LogP contribution in [0.2, 0.25) is 0 Å². The topological polar surface area (TPSA) is 60.9 Å². The Bertz CT molecular complexity index is 854. The van der Waals surface area contributed by atoms with Crippen molar-refractivity contribution in [1.82, 2.24) is 9.78 Å². The quantitative estimate of drug-likeness (QED) is 0.755. The molecule has 0 amide bonds. The lowest BCUT2D eigenvalue weighted by molar-refractivity contribution is 0.643. The number of nitrogen functional groups attached to an aromatic ring is 1. The number of hydrogen-bond donors (Lipinski definition) is 1. The summed E-state index contributed by atoms with van der Waals surface area (Å²) >= 11 is 0. The fraction of sp³-hybridized carbons (Fsp3) is 0.111. The van der Waals surface area contributed by atoms with E-state index in [4.69, 9.17) is 5.73 Å². The number of anilines is 1. The first-order valence-electron chi connectivity index (χ1n) is 7.12. The summed E-state index contributed by atoms with van der Waals surface area (Å²) in [6.07, 6.45) is 0. The molecule has 0 saturated carbocycles. The van der Waals surface area contributed by atoms with Crippen molar-refractivity contribution in [2.75, 3.05) is 5.73 Å². The van der Waals surface area contributed by atoms with Gasteiger partial charge in [0.25, 0.3) is 5.56 Å². The van der Waals surface area contributed by atoms with E-state index in [1.165, 1.54) is 4.68 Å². The van der Waals surface area contributed by atoms with E-state index in [1.807, 2.05) is 55.5 Å². The second kappa shape index (κ2) is 5.85. The Morgan fingerprint density at radius 2 is 1.82 bits per heavy atom. The fourth-order valence-electron chi connectivity index (χ4n) is 2.27. The lowest BCUT2D eigenvalue weighted by Gasteiger charge is -2.08. The first kappa shape index (κ1) is 14.1. The Morgan fingerprint density at radius 1 is 1.05 bits per heavy atom. The van der Waals surface area contributed by atoms with Crippen molar-refractivity contribution in [1.29, 1.82) is 0 Å². The highest BCUT2D eigenvalue weighted by molar-refractivity contribution is 5.65. The summed E-state index contributed by atoms with van der Waals surface area (Å²) in [5.41, 5.74) is 10.3. The van der Waals surface area contributed by atoms with Gasteiger partial charge in [0.05, 0.1) is 12.2 Å². The average molecular weight is 291 g/mol. The Balaban J connectivity index is 1.99. The molecule has 0 bridgehead atoms. The molecule has 4 heteroatoms. The minimum absolute atomic E-state index is 0.118. The second-order valence-electron chi connectivity index (χ2n) is 5.27. The molecule has 3 rings (SSSR count). The molecule has 0 unspecified atom stereocenters. The van der Waals surface area contributed by atoms with Crippen LogP contribution in [-0.2, 0) is 6.54 Å². The Morgan fingerprint density at radius 3 is 2.55 bits per heavy atom. The molecule has 0 aliphatic heterocycles. The fourth-order valence-corrected chi connectivity index (χ4v) is 2.27. The zero-order chi connectivity index (χ0) is 15.5. The molecule has 2 N–H and O–H groups in total. The SMILES string of the molecule is Cc1ccc(-c2ccc(=O)n(Cc3ccccc3)n2)cc1N. The van der Waals surface area contributed by atoms with Crippen molar-refractivity contribution in [2.45, 2.75) is 13.5 Å². The van der Waals surface area contributed by atoms with Crippen LogP contribution in [0.4, 0.5) is 5.69 Å². The molecule has 2 aromatic carbocycles. The van der Waals surface area contributed by atoms with Gasteiger partial charge in [-0.1, -0.05) is 42.5 Å². The molecule has 4 nitrogen and oxygen atoms in total. The van der Waals surface area contributed by atoms with Crippen LogP contribution in [0.15, 0.2) is 65.5 Å². The molecule has 0 fully saturated rings. The highest BCUT2D eigenvalue weighted by atomic mass is 16.1. The zero-order valence-corrected chi connectivity index (χ0v) is 12.4. The Labute approximate surface area is 128 Å². The van der Waals surface area contributed by atoms with Gasteiger partial charge in [0.2, 0.25) is 0 Å². The molecule has 0 atom stereocenters. The Hall–Kier alpha value is -2.88. The van der Waals surface area contributed by atoms with Gasteiger partial charge < -0.3 is 5.73 Å². The van der Waals surface area contributed by atoms with Gasteiger partial charge in [0.15, 0.2) is 0 Å². The summed E-state index contributed by atoms with van der Waals surface area (Å²) in [7, 11) is 0. The van der Waals surface area contributed by atoms with E-state index in [9.17, 15) is 4.79 Å². The molecule has 0 radical (unpaired) electrons. The summed E-state index contributed by atoms with van der Waals surface area (Å²) in [6.45, 7) is 2.41. The molecule has 3 aromatic rings. The number of rotatable bonds is 3. The van der Waals surface area contributed by atoms with Gasteiger partial charge in [0.1, 0.15) is 0 Å². The number of aryl methyl sites for hydroxylation is 1. The maximum atomic E-state index is 12.0. The predicted molar refractivity (Wildman–Crippen MR) is 88.6 cm³/mol. The molecule has 0 spiro atoms. The molecule has 0 saturated heterocycles. The third kappa shape index (κ3) is 2.91. The van der Waals surface area contributed by atoms with Crippen molar-refractivity contribution in [3.05, 3.63) is 82.1 Å². The summed E-state index contributed by atoms with van der Waals surface area (Å²) < 4.78 is 1.47. The average Bonchev–Trinajstić information content (AvgIpc) is 2.53. The van der Waals surface area contributed by atoms with Crippen LogP contribution in [0, 0.1) is 6.92 Å². The maximum absolute atomic E-state index is 12.0. The lowest BCUT2D eigenvalue weighted by Crippen LogP contribution is -2.22. The van der Waals surface area contributed by atoms with Crippen molar-refractivity contribution in [2.24, 2.45) is 0 Å². The standard InChI is InChI=1S/C18H17N3O/c1-13-7-8-15(11-16(13)19)17-9-10-18(22)21(20-17)12-14-5-3-2-4-6-14/h2-11H,12,19H2,1H3. The van der Waals surface area contributed by atoms with E-state index >= 15 is 0 Å². The lowest BCUT2D eigenvalue weighted by atomic mass is 10.1. The predicted octanol–water partition coefficient (Wildman–Crippen LogP) is 2.85. The molecular weight excluding hydrogens is 274 g/mol. The smallest absolute Gasteiger partial charge is 0.267 e.